The topological polar surface area (TPSA) is 39.7 Å². The van der Waals surface area contributed by atoms with Crippen molar-refractivity contribution in [3.63, 3.8) is 0 Å². The molecule has 1 atom stereocenters. The van der Waals surface area contributed by atoms with E-state index in [2.05, 4.69) is 32.2 Å². The van der Waals surface area contributed by atoms with Gasteiger partial charge in [-0.1, -0.05) is 6.07 Å². The average Bonchev–Trinajstić information content (AvgIpc) is 2.95. The molecule has 0 amide bonds. The highest BCUT2D eigenvalue weighted by atomic mass is 16.5. The molecular formula is C17H27NO3. The summed E-state index contributed by atoms with van der Waals surface area (Å²) in [6, 6.07) is 6.08. The van der Waals surface area contributed by atoms with E-state index >= 15 is 0 Å². The third-order valence-electron chi connectivity index (χ3n) is 3.50. The van der Waals surface area contributed by atoms with Crippen molar-refractivity contribution in [2.75, 3.05) is 20.3 Å². The zero-order chi connectivity index (χ0) is 15.3. The van der Waals surface area contributed by atoms with E-state index in [0.29, 0.717) is 6.61 Å². The molecule has 0 spiro atoms. The monoisotopic (exact) mass is 293 g/mol. The number of methoxy groups -OCH3 is 1. The third-order valence-corrected chi connectivity index (χ3v) is 3.50. The minimum Gasteiger partial charge on any atom is -0.493 e. The zero-order valence-electron chi connectivity index (χ0n) is 13.6. The van der Waals surface area contributed by atoms with Crippen molar-refractivity contribution in [1.29, 1.82) is 0 Å². The Labute approximate surface area is 127 Å². The van der Waals surface area contributed by atoms with Crippen molar-refractivity contribution in [3.05, 3.63) is 23.8 Å². The second-order valence-corrected chi connectivity index (χ2v) is 6.53. The molecule has 1 heterocycles. The smallest absolute Gasteiger partial charge is 0.161 e. The lowest BCUT2D eigenvalue weighted by atomic mass is 10.1. The highest BCUT2D eigenvalue weighted by molar-refractivity contribution is 5.43. The maximum Gasteiger partial charge on any atom is 0.161 e. The first-order valence-corrected chi connectivity index (χ1v) is 7.64. The summed E-state index contributed by atoms with van der Waals surface area (Å²) in [6.45, 7) is 8.72. The van der Waals surface area contributed by atoms with E-state index < -0.39 is 0 Å². The van der Waals surface area contributed by atoms with Gasteiger partial charge in [-0.3, -0.25) is 0 Å². The summed E-state index contributed by atoms with van der Waals surface area (Å²) >= 11 is 0. The van der Waals surface area contributed by atoms with Crippen molar-refractivity contribution >= 4 is 0 Å². The lowest BCUT2D eigenvalue weighted by Crippen LogP contribution is -2.35. The van der Waals surface area contributed by atoms with E-state index in [1.54, 1.807) is 7.11 Å². The second-order valence-electron chi connectivity index (χ2n) is 6.53. The maximum absolute atomic E-state index is 5.91. The number of hydrogen-bond donors (Lipinski definition) is 1. The Bertz CT molecular complexity index is 448. The molecule has 0 aromatic heterocycles. The van der Waals surface area contributed by atoms with E-state index in [-0.39, 0.29) is 11.6 Å². The maximum atomic E-state index is 5.91. The molecule has 4 heteroatoms. The van der Waals surface area contributed by atoms with Crippen LogP contribution in [0, 0.1) is 0 Å². The molecule has 1 aromatic rings. The van der Waals surface area contributed by atoms with Gasteiger partial charge in [0.25, 0.3) is 0 Å². The Hall–Kier alpha value is -1.26. The Morgan fingerprint density at radius 3 is 2.71 bits per heavy atom. The van der Waals surface area contributed by atoms with Gasteiger partial charge in [0.05, 0.1) is 13.2 Å². The average molecular weight is 293 g/mol. The lowest BCUT2D eigenvalue weighted by Gasteiger charge is -2.21. The van der Waals surface area contributed by atoms with Gasteiger partial charge in [0, 0.05) is 18.7 Å². The van der Waals surface area contributed by atoms with Crippen LogP contribution in [-0.2, 0) is 11.3 Å². The van der Waals surface area contributed by atoms with Crippen molar-refractivity contribution in [2.24, 2.45) is 0 Å². The second kappa shape index (κ2) is 7.14. The van der Waals surface area contributed by atoms with Crippen LogP contribution in [0.5, 0.6) is 11.5 Å². The van der Waals surface area contributed by atoms with Gasteiger partial charge in [-0.2, -0.15) is 0 Å². The first kappa shape index (κ1) is 16.1. The molecule has 1 unspecified atom stereocenters. The van der Waals surface area contributed by atoms with Crippen molar-refractivity contribution in [3.8, 4) is 11.5 Å². The summed E-state index contributed by atoms with van der Waals surface area (Å²) < 4.78 is 16.9. The van der Waals surface area contributed by atoms with Crippen molar-refractivity contribution < 1.29 is 14.2 Å². The molecular weight excluding hydrogens is 266 g/mol. The SMILES string of the molecule is COc1ccc(CNC(C)(C)C)cc1OCC1CCCO1. The van der Waals surface area contributed by atoms with E-state index in [4.69, 9.17) is 14.2 Å². The molecule has 1 saturated heterocycles. The third kappa shape index (κ3) is 5.21. The minimum absolute atomic E-state index is 0.0959. The predicted octanol–water partition coefficient (Wildman–Crippen LogP) is 3.14. The molecule has 1 fully saturated rings. The summed E-state index contributed by atoms with van der Waals surface area (Å²) in [6.07, 6.45) is 2.42. The van der Waals surface area contributed by atoms with E-state index in [1.165, 1.54) is 5.56 Å². The Balaban J connectivity index is 1.99. The molecule has 21 heavy (non-hydrogen) atoms. The minimum atomic E-state index is 0.0959. The van der Waals surface area contributed by atoms with Crippen LogP contribution >= 0.6 is 0 Å². The van der Waals surface area contributed by atoms with Crippen LogP contribution in [0.1, 0.15) is 39.2 Å². The molecule has 1 N–H and O–H groups in total. The van der Waals surface area contributed by atoms with Crippen LogP contribution in [0.15, 0.2) is 18.2 Å². The molecule has 118 valence electrons. The first-order chi connectivity index (χ1) is 9.98. The molecule has 0 saturated carbocycles. The fraction of sp³-hybridized carbons (Fsp3) is 0.647. The molecule has 2 rings (SSSR count). The molecule has 1 aliphatic rings. The number of ether oxygens (including phenoxy) is 3. The molecule has 4 nitrogen and oxygen atoms in total. The first-order valence-electron chi connectivity index (χ1n) is 7.64. The summed E-state index contributed by atoms with van der Waals surface area (Å²) in [7, 11) is 1.67. The van der Waals surface area contributed by atoms with Gasteiger partial charge in [-0.25, -0.2) is 0 Å². The molecule has 0 radical (unpaired) electrons. The lowest BCUT2D eigenvalue weighted by molar-refractivity contribution is 0.0669. The zero-order valence-corrected chi connectivity index (χ0v) is 13.6. The summed E-state index contributed by atoms with van der Waals surface area (Å²) in [5.74, 6) is 1.56. The van der Waals surface area contributed by atoms with E-state index in [1.807, 2.05) is 12.1 Å². The van der Waals surface area contributed by atoms with Crippen LogP contribution < -0.4 is 14.8 Å². The van der Waals surface area contributed by atoms with Crippen molar-refractivity contribution in [1.82, 2.24) is 5.32 Å². The number of nitrogens with one attached hydrogen (secondary N) is 1. The standard InChI is InChI=1S/C17H27NO3/c1-17(2,3)18-11-13-7-8-15(19-4)16(10-13)21-12-14-6-5-9-20-14/h7-8,10,14,18H,5-6,9,11-12H2,1-4H3. The van der Waals surface area contributed by atoms with Crippen LogP contribution in [0.25, 0.3) is 0 Å². The van der Waals surface area contributed by atoms with E-state index in [0.717, 1.165) is 37.5 Å². The van der Waals surface area contributed by atoms with Crippen LogP contribution in [0.3, 0.4) is 0 Å². The number of rotatable bonds is 6. The van der Waals surface area contributed by atoms with Crippen molar-refractivity contribution in [2.45, 2.75) is 51.8 Å². The van der Waals surface area contributed by atoms with Gasteiger partial charge < -0.3 is 19.5 Å². The normalized spacial score (nSPS) is 18.8. The summed E-state index contributed by atoms with van der Waals surface area (Å²) in [5, 5.41) is 3.48. The van der Waals surface area contributed by atoms with Gasteiger partial charge in [0.2, 0.25) is 0 Å². The number of benzene rings is 1. The van der Waals surface area contributed by atoms with Gasteiger partial charge in [-0.05, 0) is 51.3 Å². The number of hydrogen-bond acceptors (Lipinski definition) is 4. The highest BCUT2D eigenvalue weighted by Gasteiger charge is 2.17. The largest absolute Gasteiger partial charge is 0.493 e. The Kier molecular flexibility index (Phi) is 5.48. The van der Waals surface area contributed by atoms with Gasteiger partial charge in [0.1, 0.15) is 6.61 Å². The fourth-order valence-corrected chi connectivity index (χ4v) is 2.27. The van der Waals surface area contributed by atoms with E-state index in [9.17, 15) is 0 Å². The highest BCUT2D eigenvalue weighted by Crippen LogP contribution is 2.29. The van der Waals surface area contributed by atoms with Crippen LogP contribution in [0.4, 0.5) is 0 Å². The van der Waals surface area contributed by atoms with Crippen LogP contribution in [-0.4, -0.2) is 32.0 Å². The van der Waals surface area contributed by atoms with Crippen LogP contribution in [0.2, 0.25) is 0 Å². The predicted molar refractivity (Wildman–Crippen MR) is 84.1 cm³/mol. The molecule has 0 bridgehead atoms. The molecule has 1 aromatic carbocycles. The quantitative estimate of drug-likeness (QED) is 0.874. The summed E-state index contributed by atoms with van der Waals surface area (Å²) in [5.41, 5.74) is 1.28. The Morgan fingerprint density at radius 1 is 1.29 bits per heavy atom. The van der Waals surface area contributed by atoms with Gasteiger partial charge in [0.15, 0.2) is 11.5 Å². The fourth-order valence-electron chi connectivity index (χ4n) is 2.27. The van der Waals surface area contributed by atoms with Gasteiger partial charge >= 0.3 is 0 Å². The Morgan fingerprint density at radius 2 is 2.10 bits per heavy atom. The van der Waals surface area contributed by atoms with Gasteiger partial charge in [-0.15, -0.1) is 0 Å². The summed E-state index contributed by atoms with van der Waals surface area (Å²) in [4.78, 5) is 0. The molecule has 0 aliphatic carbocycles. The molecule has 1 aliphatic heterocycles.